The van der Waals surface area contributed by atoms with Crippen molar-refractivity contribution >= 4 is 11.6 Å². The molecule has 2 aromatic rings. The number of hydrogen-bond donors (Lipinski definition) is 3. The van der Waals surface area contributed by atoms with E-state index in [2.05, 4.69) is 30.7 Å². The highest BCUT2D eigenvalue weighted by atomic mass is 15.3. The van der Waals surface area contributed by atoms with Crippen molar-refractivity contribution in [1.82, 2.24) is 19.9 Å². The second-order valence-electron chi connectivity index (χ2n) is 3.44. The smallest absolute Gasteiger partial charge is 0.145 e. The van der Waals surface area contributed by atoms with Crippen LogP contribution < -0.4 is 16.6 Å². The minimum Gasteiger partial charge on any atom is -0.364 e. The number of anilines is 2. The van der Waals surface area contributed by atoms with Crippen LogP contribution in [0.5, 0.6) is 0 Å². The summed E-state index contributed by atoms with van der Waals surface area (Å²) in [7, 11) is 0. The van der Waals surface area contributed by atoms with E-state index < -0.39 is 0 Å². The van der Waals surface area contributed by atoms with Crippen LogP contribution in [0.2, 0.25) is 0 Å². The first kappa shape index (κ1) is 11.2. The largest absolute Gasteiger partial charge is 0.364 e. The summed E-state index contributed by atoms with van der Waals surface area (Å²) in [4.78, 5) is 16.3. The van der Waals surface area contributed by atoms with Crippen molar-refractivity contribution in [3.05, 3.63) is 36.2 Å². The molecule has 0 radical (unpaired) electrons. The lowest BCUT2D eigenvalue weighted by Gasteiger charge is -2.05. The molecule has 17 heavy (non-hydrogen) atoms. The number of nitrogens with two attached hydrogens (primary N) is 1. The van der Waals surface area contributed by atoms with Gasteiger partial charge in [0.05, 0.1) is 24.1 Å². The predicted molar refractivity (Wildman–Crippen MR) is 63.9 cm³/mol. The van der Waals surface area contributed by atoms with Crippen LogP contribution in [-0.2, 0) is 6.54 Å². The fraction of sp³-hybridized carbons (Fsp3) is 0.200. The van der Waals surface area contributed by atoms with Crippen LogP contribution in [0.4, 0.5) is 11.6 Å². The molecule has 0 aliphatic carbocycles. The fourth-order valence-corrected chi connectivity index (χ4v) is 1.22. The summed E-state index contributed by atoms with van der Waals surface area (Å²) < 4.78 is 0. The van der Waals surface area contributed by atoms with Crippen molar-refractivity contribution in [1.29, 1.82) is 0 Å². The van der Waals surface area contributed by atoms with Gasteiger partial charge in [0.2, 0.25) is 0 Å². The molecule has 0 aromatic carbocycles. The van der Waals surface area contributed by atoms with E-state index in [0.29, 0.717) is 18.2 Å². The van der Waals surface area contributed by atoms with Crippen LogP contribution in [0.1, 0.15) is 11.4 Å². The number of nitrogen functional groups attached to an aromatic ring is 1. The molecule has 0 fully saturated rings. The van der Waals surface area contributed by atoms with Gasteiger partial charge in [0.15, 0.2) is 0 Å². The van der Waals surface area contributed by atoms with Gasteiger partial charge in [-0.25, -0.2) is 15.8 Å². The summed E-state index contributed by atoms with van der Waals surface area (Å²) in [5.74, 6) is 6.48. The summed E-state index contributed by atoms with van der Waals surface area (Å²) >= 11 is 0. The lowest BCUT2D eigenvalue weighted by Crippen LogP contribution is -2.10. The molecular weight excluding hydrogens is 218 g/mol. The Morgan fingerprint density at radius 2 is 1.94 bits per heavy atom. The highest BCUT2D eigenvalue weighted by Crippen LogP contribution is 2.08. The Morgan fingerprint density at radius 1 is 1.12 bits per heavy atom. The molecule has 0 saturated heterocycles. The van der Waals surface area contributed by atoms with Crippen molar-refractivity contribution in [3.8, 4) is 0 Å². The van der Waals surface area contributed by atoms with Crippen molar-refractivity contribution in [2.75, 3.05) is 10.7 Å². The molecule has 0 atom stereocenters. The molecule has 88 valence electrons. The summed E-state index contributed by atoms with van der Waals surface area (Å²) in [6.45, 7) is 2.45. The van der Waals surface area contributed by atoms with E-state index in [-0.39, 0.29) is 0 Å². The second-order valence-corrected chi connectivity index (χ2v) is 3.44. The maximum Gasteiger partial charge on any atom is 0.145 e. The first-order valence-electron chi connectivity index (χ1n) is 5.08. The first-order chi connectivity index (χ1) is 8.28. The minimum atomic E-state index is 0.550. The zero-order valence-corrected chi connectivity index (χ0v) is 9.38. The van der Waals surface area contributed by atoms with Crippen LogP contribution in [-0.4, -0.2) is 19.9 Å². The molecule has 0 saturated carbocycles. The standard InChI is InChI=1S/C10H13N7/c1-7-3-13-8(4-12-7)5-14-9-2-10(17-11)16-6-15-9/h2-4,6H,5,11H2,1H3,(H2,14,15,16,17). The SMILES string of the molecule is Cc1cnc(CNc2cc(NN)ncn2)cn1. The average Bonchev–Trinajstić information content (AvgIpc) is 2.38. The van der Waals surface area contributed by atoms with E-state index in [9.17, 15) is 0 Å². The molecule has 0 bridgehead atoms. The Labute approximate surface area is 98.5 Å². The third-order valence-corrected chi connectivity index (χ3v) is 2.10. The van der Waals surface area contributed by atoms with Crippen molar-refractivity contribution in [3.63, 3.8) is 0 Å². The fourth-order valence-electron chi connectivity index (χ4n) is 1.22. The molecule has 2 heterocycles. The van der Waals surface area contributed by atoms with Crippen LogP contribution in [0.3, 0.4) is 0 Å². The van der Waals surface area contributed by atoms with Gasteiger partial charge in [-0.2, -0.15) is 0 Å². The summed E-state index contributed by atoms with van der Waals surface area (Å²) in [5.41, 5.74) is 4.19. The Kier molecular flexibility index (Phi) is 3.41. The molecule has 0 aliphatic rings. The lowest BCUT2D eigenvalue weighted by atomic mass is 10.4. The monoisotopic (exact) mass is 231 g/mol. The van der Waals surface area contributed by atoms with Gasteiger partial charge in [-0.05, 0) is 6.92 Å². The van der Waals surface area contributed by atoms with Gasteiger partial charge in [0, 0.05) is 12.3 Å². The third kappa shape index (κ3) is 3.08. The highest BCUT2D eigenvalue weighted by molar-refractivity contribution is 5.45. The molecule has 0 spiro atoms. The normalized spacial score (nSPS) is 10.0. The minimum absolute atomic E-state index is 0.550. The van der Waals surface area contributed by atoms with Gasteiger partial charge < -0.3 is 10.7 Å². The van der Waals surface area contributed by atoms with Gasteiger partial charge in [-0.3, -0.25) is 9.97 Å². The molecule has 7 nitrogen and oxygen atoms in total. The maximum absolute atomic E-state index is 5.25. The van der Waals surface area contributed by atoms with Gasteiger partial charge >= 0.3 is 0 Å². The van der Waals surface area contributed by atoms with Crippen LogP contribution in [0.25, 0.3) is 0 Å². The van der Waals surface area contributed by atoms with Crippen LogP contribution >= 0.6 is 0 Å². The van der Waals surface area contributed by atoms with Crippen molar-refractivity contribution in [2.24, 2.45) is 5.84 Å². The molecular formula is C10H13N7. The van der Waals surface area contributed by atoms with Crippen LogP contribution in [0, 0.1) is 6.92 Å². The third-order valence-electron chi connectivity index (χ3n) is 2.10. The first-order valence-corrected chi connectivity index (χ1v) is 5.08. The van der Waals surface area contributed by atoms with E-state index >= 15 is 0 Å². The predicted octanol–water partition coefficient (Wildman–Crippen LogP) is 0.473. The maximum atomic E-state index is 5.25. The van der Waals surface area contributed by atoms with E-state index in [4.69, 9.17) is 5.84 Å². The Morgan fingerprint density at radius 3 is 2.65 bits per heavy atom. The number of hydrazine groups is 1. The number of nitrogens with one attached hydrogen (secondary N) is 2. The number of nitrogens with zero attached hydrogens (tertiary/aromatic N) is 4. The zero-order valence-electron chi connectivity index (χ0n) is 9.38. The van der Waals surface area contributed by atoms with E-state index in [1.54, 1.807) is 18.5 Å². The van der Waals surface area contributed by atoms with Crippen molar-refractivity contribution in [2.45, 2.75) is 13.5 Å². The molecule has 2 aromatic heterocycles. The number of hydrogen-bond acceptors (Lipinski definition) is 7. The van der Waals surface area contributed by atoms with Crippen LogP contribution in [0.15, 0.2) is 24.8 Å². The Bertz CT molecular complexity index is 482. The molecule has 0 amide bonds. The topological polar surface area (TPSA) is 102 Å². The summed E-state index contributed by atoms with van der Waals surface area (Å²) in [6.07, 6.45) is 4.88. The van der Waals surface area contributed by atoms with Gasteiger partial charge in [-0.15, -0.1) is 0 Å². The average molecular weight is 231 g/mol. The van der Waals surface area contributed by atoms with E-state index in [1.165, 1.54) is 6.33 Å². The van der Waals surface area contributed by atoms with Crippen molar-refractivity contribution < 1.29 is 0 Å². The Hall–Kier alpha value is -2.28. The number of aryl methyl sites for hydroxylation is 1. The quantitative estimate of drug-likeness (QED) is 0.519. The van der Waals surface area contributed by atoms with Gasteiger partial charge in [0.25, 0.3) is 0 Å². The lowest BCUT2D eigenvalue weighted by molar-refractivity contribution is 0.972. The van der Waals surface area contributed by atoms with Gasteiger partial charge in [-0.1, -0.05) is 0 Å². The highest BCUT2D eigenvalue weighted by Gasteiger charge is 1.98. The second kappa shape index (κ2) is 5.17. The summed E-state index contributed by atoms with van der Waals surface area (Å²) in [5, 5.41) is 3.11. The molecule has 0 aliphatic heterocycles. The molecule has 7 heteroatoms. The summed E-state index contributed by atoms with van der Waals surface area (Å²) in [6, 6.07) is 1.71. The number of rotatable bonds is 4. The Balaban J connectivity index is 1.99. The molecule has 4 N–H and O–H groups in total. The zero-order chi connectivity index (χ0) is 12.1. The number of aromatic nitrogens is 4. The molecule has 0 unspecified atom stereocenters. The van der Waals surface area contributed by atoms with E-state index in [1.807, 2.05) is 6.92 Å². The van der Waals surface area contributed by atoms with E-state index in [0.717, 1.165) is 11.4 Å². The van der Waals surface area contributed by atoms with Gasteiger partial charge in [0.1, 0.15) is 18.0 Å². The molecule has 2 rings (SSSR count).